The molecule has 0 spiro atoms. The minimum Gasteiger partial charge on any atom is -0.367 e. The van der Waals surface area contributed by atoms with Gasteiger partial charge in [-0.1, -0.05) is 6.07 Å². The number of H-pyrrole nitrogens is 1. The minimum absolute atomic E-state index is 0.0969. The van der Waals surface area contributed by atoms with E-state index in [9.17, 15) is 9.59 Å². The van der Waals surface area contributed by atoms with Crippen molar-refractivity contribution in [2.24, 2.45) is 0 Å². The molecule has 0 radical (unpaired) electrons. The van der Waals surface area contributed by atoms with Crippen LogP contribution in [0.15, 0.2) is 36.7 Å². The molecule has 1 aromatic heterocycles. The Morgan fingerprint density at radius 2 is 1.73 bits per heavy atom. The number of fused-ring (bicyclic) bond motifs is 1. The largest absolute Gasteiger partial charge is 0.367 e. The molecule has 4 rings (SSSR count). The van der Waals surface area contributed by atoms with E-state index in [2.05, 4.69) is 17.1 Å². The highest BCUT2D eigenvalue weighted by atomic mass is 16.2. The van der Waals surface area contributed by atoms with Crippen LogP contribution in [0.2, 0.25) is 0 Å². The maximum Gasteiger partial charge on any atom is 0.253 e. The predicted octanol–water partition coefficient (Wildman–Crippen LogP) is 2.42. The summed E-state index contributed by atoms with van der Waals surface area (Å²) in [6.07, 6.45) is 8.35. The van der Waals surface area contributed by atoms with Gasteiger partial charge >= 0.3 is 0 Å². The lowest BCUT2D eigenvalue weighted by atomic mass is 10.1. The molecule has 1 fully saturated rings. The topological polar surface area (TPSA) is 56.4 Å². The number of hydrogen-bond acceptors (Lipinski definition) is 2. The Balaban J connectivity index is 1.38. The summed E-state index contributed by atoms with van der Waals surface area (Å²) >= 11 is 0. The van der Waals surface area contributed by atoms with Crippen molar-refractivity contribution in [2.45, 2.75) is 32.1 Å². The van der Waals surface area contributed by atoms with E-state index in [0.29, 0.717) is 26.1 Å². The third-order valence-electron chi connectivity index (χ3n) is 5.50. The molecular formula is C21H25N3O2. The van der Waals surface area contributed by atoms with Crippen LogP contribution >= 0.6 is 0 Å². The fourth-order valence-corrected chi connectivity index (χ4v) is 4.01. The first-order chi connectivity index (χ1) is 12.7. The van der Waals surface area contributed by atoms with E-state index in [1.807, 2.05) is 34.3 Å². The third kappa shape index (κ3) is 3.52. The van der Waals surface area contributed by atoms with Crippen LogP contribution in [0.25, 0.3) is 0 Å². The van der Waals surface area contributed by atoms with E-state index in [4.69, 9.17) is 0 Å². The number of carbonyl (C=O) groups is 2. The normalized spacial score (nSPS) is 17.1. The maximum atomic E-state index is 12.9. The molecule has 5 nitrogen and oxygen atoms in total. The van der Waals surface area contributed by atoms with Crippen molar-refractivity contribution in [3.63, 3.8) is 0 Å². The number of amides is 2. The Hall–Kier alpha value is -2.56. The molecule has 0 atom stereocenters. The summed E-state index contributed by atoms with van der Waals surface area (Å²) in [6, 6.07) is 8.08. The van der Waals surface area contributed by atoms with Crippen molar-refractivity contribution in [1.29, 1.82) is 0 Å². The number of aryl methyl sites for hydroxylation is 2. The Morgan fingerprint density at radius 1 is 0.923 bits per heavy atom. The Bertz CT molecular complexity index is 798. The van der Waals surface area contributed by atoms with Gasteiger partial charge in [0.2, 0.25) is 5.91 Å². The lowest BCUT2D eigenvalue weighted by Gasteiger charge is -2.22. The second-order valence-electron chi connectivity index (χ2n) is 7.26. The first-order valence-corrected chi connectivity index (χ1v) is 9.51. The van der Waals surface area contributed by atoms with Gasteiger partial charge in [0.15, 0.2) is 0 Å². The van der Waals surface area contributed by atoms with Gasteiger partial charge in [0.25, 0.3) is 5.91 Å². The smallest absolute Gasteiger partial charge is 0.253 e. The lowest BCUT2D eigenvalue weighted by Crippen LogP contribution is -2.38. The van der Waals surface area contributed by atoms with Crippen molar-refractivity contribution >= 4 is 11.8 Å². The molecule has 0 saturated carbocycles. The van der Waals surface area contributed by atoms with Gasteiger partial charge in [-0.3, -0.25) is 9.59 Å². The SMILES string of the molecule is O=C(Cc1cc[nH]c1)N1CCCN(C(=O)c2ccc3c(c2)CCC3)CC1. The molecule has 26 heavy (non-hydrogen) atoms. The monoisotopic (exact) mass is 351 g/mol. The van der Waals surface area contributed by atoms with Crippen LogP contribution in [0.4, 0.5) is 0 Å². The van der Waals surface area contributed by atoms with E-state index in [0.717, 1.165) is 36.9 Å². The molecule has 1 N–H and O–H groups in total. The number of hydrogen-bond donors (Lipinski definition) is 1. The van der Waals surface area contributed by atoms with Crippen LogP contribution in [0, 0.1) is 0 Å². The zero-order valence-corrected chi connectivity index (χ0v) is 15.0. The molecule has 2 amide bonds. The summed E-state index contributed by atoms with van der Waals surface area (Å²) in [7, 11) is 0. The van der Waals surface area contributed by atoms with E-state index >= 15 is 0 Å². The first kappa shape index (κ1) is 16.9. The molecule has 2 aromatic rings. The van der Waals surface area contributed by atoms with E-state index < -0.39 is 0 Å². The summed E-state index contributed by atoms with van der Waals surface area (Å²) in [6.45, 7) is 2.65. The number of aromatic amines is 1. The van der Waals surface area contributed by atoms with Crippen LogP contribution < -0.4 is 0 Å². The molecule has 1 aliphatic carbocycles. The average molecular weight is 351 g/mol. The van der Waals surface area contributed by atoms with Gasteiger partial charge in [-0.15, -0.1) is 0 Å². The fourth-order valence-electron chi connectivity index (χ4n) is 4.01. The second kappa shape index (κ2) is 7.36. The number of benzene rings is 1. The quantitative estimate of drug-likeness (QED) is 0.923. The molecular weight excluding hydrogens is 326 g/mol. The van der Waals surface area contributed by atoms with Crippen molar-refractivity contribution < 1.29 is 9.59 Å². The highest BCUT2D eigenvalue weighted by molar-refractivity contribution is 5.94. The van der Waals surface area contributed by atoms with Crippen LogP contribution in [-0.2, 0) is 24.1 Å². The number of nitrogens with zero attached hydrogens (tertiary/aromatic N) is 2. The van der Waals surface area contributed by atoms with Gasteiger partial charge in [-0.25, -0.2) is 0 Å². The maximum absolute atomic E-state index is 12.9. The molecule has 1 saturated heterocycles. The van der Waals surface area contributed by atoms with Gasteiger partial charge in [0.1, 0.15) is 0 Å². The van der Waals surface area contributed by atoms with Crippen molar-refractivity contribution in [3.05, 3.63) is 58.9 Å². The van der Waals surface area contributed by atoms with Crippen LogP contribution in [-0.4, -0.2) is 52.8 Å². The van der Waals surface area contributed by atoms with Gasteiger partial charge in [-0.2, -0.15) is 0 Å². The second-order valence-corrected chi connectivity index (χ2v) is 7.26. The van der Waals surface area contributed by atoms with E-state index in [-0.39, 0.29) is 11.8 Å². The number of nitrogens with one attached hydrogen (secondary N) is 1. The third-order valence-corrected chi connectivity index (χ3v) is 5.50. The molecule has 1 aromatic carbocycles. The fraction of sp³-hybridized carbons (Fsp3) is 0.429. The summed E-state index contributed by atoms with van der Waals surface area (Å²) in [5, 5.41) is 0. The zero-order chi connectivity index (χ0) is 17.9. The van der Waals surface area contributed by atoms with E-state index in [1.54, 1.807) is 0 Å². The summed E-state index contributed by atoms with van der Waals surface area (Å²) in [4.78, 5) is 32.2. The summed E-state index contributed by atoms with van der Waals surface area (Å²) in [5.41, 5.74) is 4.51. The number of carbonyl (C=O) groups excluding carboxylic acids is 2. The van der Waals surface area contributed by atoms with Crippen LogP contribution in [0.1, 0.15) is 39.9 Å². The van der Waals surface area contributed by atoms with Gasteiger partial charge in [0.05, 0.1) is 6.42 Å². The highest BCUT2D eigenvalue weighted by Gasteiger charge is 2.24. The molecule has 0 bridgehead atoms. The van der Waals surface area contributed by atoms with E-state index in [1.165, 1.54) is 17.5 Å². The molecule has 5 heteroatoms. The summed E-state index contributed by atoms with van der Waals surface area (Å²) < 4.78 is 0. The highest BCUT2D eigenvalue weighted by Crippen LogP contribution is 2.23. The van der Waals surface area contributed by atoms with Crippen LogP contribution in [0.3, 0.4) is 0 Å². The predicted molar refractivity (Wildman–Crippen MR) is 100 cm³/mol. The zero-order valence-electron chi connectivity index (χ0n) is 15.0. The Kier molecular flexibility index (Phi) is 4.78. The number of rotatable bonds is 3. The minimum atomic E-state index is 0.0969. The summed E-state index contributed by atoms with van der Waals surface area (Å²) in [5.74, 6) is 0.232. The van der Waals surface area contributed by atoms with Gasteiger partial charge < -0.3 is 14.8 Å². The van der Waals surface area contributed by atoms with Crippen molar-refractivity contribution in [1.82, 2.24) is 14.8 Å². The molecule has 1 aliphatic heterocycles. The standard InChI is InChI=1S/C21H25N3O2/c25-20(13-16-7-8-22-15-16)23-9-2-10-24(12-11-23)21(26)19-6-5-17-3-1-4-18(17)14-19/h5-8,14-15,22H,1-4,9-13H2. The molecule has 2 aliphatic rings. The van der Waals surface area contributed by atoms with Gasteiger partial charge in [0, 0.05) is 44.1 Å². The molecule has 2 heterocycles. The van der Waals surface area contributed by atoms with Crippen molar-refractivity contribution in [2.75, 3.05) is 26.2 Å². The molecule has 0 unspecified atom stereocenters. The average Bonchev–Trinajstić information content (AvgIpc) is 3.27. The Morgan fingerprint density at radius 3 is 2.58 bits per heavy atom. The van der Waals surface area contributed by atoms with Crippen LogP contribution in [0.5, 0.6) is 0 Å². The van der Waals surface area contributed by atoms with Gasteiger partial charge in [-0.05, 0) is 60.6 Å². The number of aromatic nitrogens is 1. The Labute approximate surface area is 154 Å². The lowest BCUT2D eigenvalue weighted by molar-refractivity contribution is -0.130. The first-order valence-electron chi connectivity index (χ1n) is 9.51. The molecule has 136 valence electrons. The van der Waals surface area contributed by atoms with Crippen molar-refractivity contribution in [3.8, 4) is 0 Å².